The monoisotopic (exact) mass is 69.1 g/mol. The molecule has 2 nitrogen and oxygen atoms in total. The molecule has 0 amide bonds. The van der Waals surface area contributed by atoms with E-state index in [1.54, 1.807) is 14.1 Å². The standard InChI is InChI=1S/C2H6BN2/c1-5(2)4-3/h1-2H3/q-1. The van der Waals surface area contributed by atoms with Crippen molar-refractivity contribution in [3.05, 3.63) is 0 Å². The highest BCUT2D eigenvalue weighted by Gasteiger charge is 1.53. The maximum Gasteiger partial charge on any atom is 0.0195 e. The van der Waals surface area contributed by atoms with Crippen LogP contribution < -0.4 is 0 Å². The highest BCUT2D eigenvalue weighted by Crippen LogP contribution is 1.62. The fourth-order valence-electron chi connectivity index (χ4n) is 0. The highest BCUT2D eigenvalue weighted by atomic mass is 15.4. The normalized spacial score (nSPS) is 6.80. The molecule has 0 bridgehead atoms. The first-order chi connectivity index (χ1) is 2.27. The van der Waals surface area contributed by atoms with Gasteiger partial charge >= 0.3 is 0 Å². The summed E-state index contributed by atoms with van der Waals surface area (Å²) in [4.78, 5) is 0. The van der Waals surface area contributed by atoms with Crippen molar-refractivity contribution in [1.29, 1.82) is 0 Å². The number of nitrogens with zero attached hydrogens (tertiary/aromatic N) is 2. The third-order valence-corrected chi connectivity index (χ3v) is 0.231. The number of hydrogen-bond acceptors (Lipinski definition) is 2. The van der Waals surface area contributed by atoms with E-state index in [9.17, 15) is 0 Å². The number of rotatable bonds is 1. The molecule has 0 aromatic heterocycles. The smallest absolute Gasteiger partial charge is 0.0195 e. The lowest BCUT2D eigenvalue weighted by atomic mass is 10.6. The Hall–Kier alpha value is -0.335. The van der Waals surface area contributed by atoms with E-state index in [4.69, 9.17) is 7.64 Å². The summed E-state index contributed by atoms with van der Waals surface area (Å²) >= 11 is 0. The van der Waals surface area contributed by atoms with Gasteiger partial charge in [0.25, 0.3) is 0 Å². The van der Waals surface area contributed by atoms with E-state index < -0.39 is 0 Å². The van der Waals surface area contributed by atoms with Gasteiger partial charge < -0.3 is 17.7 Å². The minimum absolute atomic E-state index is 1.53. The first-order valence-corrected chi connectivity index (χ1v) is 1.35. The van der Waals surface area contributed by atoms with Crippen LogP contribution >= 0.6 is 0 Å². The second kappa shape index (κ2) is 1.94. The summed E-state index contributed by atoms with van der Waals surface area (Å²) in [6.07, 6.45) is 0. The number of hydrogen-bond donors (Lipinski definition) is 0. The third-order valence-electron chi connectivity index (χ3n) is 0.231. The molecule has 0 rings (SSSR count). The minimum Gasteiger partial charge on any atom is -0.538 e. The second-order valence-corrected chi connectivity index (χ2v) is 0.963. The quantitative estimate of drug-likeness (QED) is 0.308. The summed E-state index contributed by atoms with van der Waals surface area (Å²) in [6, 6.07) is 0. The van der Waals surface area contributed by atoms with Gasteiger partial charge in [-0.05, 0) is 0 Å². The molecule has 0 spiro atoms. The molecule has 0 fully saturated rings. The van der Waals surface area contributed by atoms with Gasteiger partial charge in [-0.1, -0.05) is 0 Å². The van der Waals surface area contributed by atoms with Crippen molar-refractivity contribution in [1.82, 2.24) is 5.01 Å². The first-order valence-electron chi connectivity index (χ1n) is 1.35. The lowest BCUT2D eigenvalue weighted by molar-refractivity contribution is 0.445. The molecule has 0 atom stereocenters. The minimum atomic E-state index is 1.53. The average molecular weight is 68.9 g/mol. The van der Waals surface area contributed by atoms with E-state index in [0.717, 1.165) is 0 Å². The van der Waals surface area contributed by atoms with Gasteiger partial charge in [-0.15, -0.1) is 0 Å². The largest absolute Gasteiger partial charge is 0.538 e. The molecule has 0 saturated carbocycles. The van der Waals surface area contributed by atoms with Crippen molar-refractivity contribution >= 4 is 7.64 Å². The summed E-state index contributed by atoms with van der Waals surface area (Å²) < 4.78 is 0. The van der Waals surface area contributed by atoms with Crippen LogP contribution in [0.5, 0.6) is 0 Å². The van der Waals surface area contributed by atoms with E-state index >= 15 is 0 Å². The molecule has 0 aromatic carbocycles. The highest BCUT2D eigenvalue weighted by molar-refractivity contribution is 5.91. The van der Waals surface area contributed by atoms with Crippen LogP contribution in [0.4, 0.5) is 0 Å². The van der Waals surface area contributed by atoms with E-state index in [2.05, 4.69) is 5.00 Å². The Balaban J connectivity index is 2.83. The third kappa shape index (κ3) is 3.66. The zero-order chi connectivity index (χ0) is 4.28. The Labute approximate surface area is 32.9 Å². The molecule has 3 heteroatoms. The Bertz CT molecular complexity index is 34.6. The van der Waals surface area contributed by atoms with Crippen molar-refractivity contribution in [3.63, 3.8) is 0 Å². The van der Waals surface area contributed by atoms with Gasteiger partial charge in [0, 0.05) is 14.1 Å². The fourth-order valence-corrected chi connectivity index (χ4v) is 0. The summed E-state index contributed by atoms with van der Waals surface area (Å²) in [5, 5.41) is 4.75. The van der Waals surface area contributed by atoms with Crippen LogP contribution in [0, 0.1) is 0 Å². The molecule has 0 aromatic rings. The molecule has 0 aliphatic heterocycles. The Morgan fingerprint density at radius 1 is 1.60 bits per heavy atom. The van der Waals surface area contributed by atoms with Crippen LogP contribution in [0.1, 0.15) is 0 Å². The van der Waals surface area contributed by atoms with Gasteiger partial charge in [-0.2, -0.15) is 0 Å². The van der Waals surface area contributed by atoms with Crippen molar-refractivity contribution < 1.29 is 0 Å². The summed E-state index contributed by atoms with van der Waals surface area (Å²) in [5.41, 5.74) is 0. The molecule has 2 radical (unpaired) electrons. The Morgan fingerprint density at radius 2 is 1.80 bits per heavy atom. The van der Waals surface area contributed by atoms with Gasteiger partial charge in [-0.25, -0.2) is 0 Å². The molecule has 0 saturated heterocycles. The van der Waals surface area contributed by atoms with Crippen molar-refractivity contribution in [3.8, 4) is 0 Å². The van der Waals surface area contributed by atoms with Crippen LogP contribution in [0.3, 0.4) is 0 Å². The Morgan fingerprint density at radius 3 is 1.80 bits per heavy atom. The van der Waals surface area contributed by atoms with E-state index in [1.165, 1.54) is 5.01 Å². The fraction of sp³-hybridized carbons (Fsp3) is 1.00. The molecule has 0 heterocycles. The maximum absolute atomic E-state index is 4.72. The SMILES string of the molecule is [B-]=NN(C)C. The van der Waals surface area contributed by atoms with Gasteiger partial charge in [0.2, 0.25) is 0 Å². The van der Waals surface area contributed by atoms with Crippen LogP contribution in [0.2, 0.25) is 0 Å². The predicted octanol–water partition coefficient (Wildman–Crippen LogP) is -0.185. The lowest BCUT2D eigenvalue weighted by Gasteiger charge is -2.10. The molecule has 0 N–H and O–H groups in total. The molecule has 0 unspecified atom stereocenters. The zero-order valence-electron chi connectivity index (χ0n) is 3.47. The molecule has 28 valence electrons. The van der Waals surface area contributed by atoms with Crippen LogP contribution in [0.25, 0.3) is 0 Å². The van der Waals surface area contributed by atoms with Gasteiger partial charge in [0.15, 0.2) is 0 Å². The van der Waals surface area contributed by atoms with Crippen LogP contribution in [-0.4, -0.2) is 26.7 Å². The van der Waals surface area contributed by atoms with Crippen LogP contribution in [0.15, 0.2) is 5.00 Å². The molecular formula is C2H6BN2-. The van der Waals surface area contributed by atoms with Crippen molar-refractivity contribution in [2.75, 3.05) is 14.1 Å². The van der Waals surface area contributed by atoms with E-state index in [1.807, 2.05) is 0 Å². The van der Waals surface area contributed by atoms with E-state index in [0.29, 0.717) is 0 Å². The van der Waals surface area contributed by atoms with Crippen molar-refractivity contribution in [2.24, 2.45) is 5.00 Å². The van der Waals surface area contributed by atoms with Gasteiger partial charge in [-0.3, -0.25) is 0 Å². The topological polar surface area (TPSA) is 15.6 Å². The molecule has 0 aliphatic rings. The van der Waals surface area contributed by atoms with Crippen molar-refractivity contribution in [2.45, 2.75) is 0 Å². The average Bonchev–Trinajstić information content (AvgIpc) is 1.38. The first kappa shape index (κ1) is 4.66. The molecule has 5 heavy (non-hydrogen) atoms. The second-order valence-electron chi connectivity index (χ2n) is 0.963. The predicted molar refractivity (Wildman–Crippen MR) is 21.9 cm³/mol. The molecule has 0 aliphatic carbocycles. The Kier molecular flexibility index (Phi) is 1.81. The van der Waals surface area contributed by atoms with Gasteiger partial charge in [0.1, 0.15) is 0 Å². The molecular weight excluding hydrogens is 62.8 g/mol. The maximum atomic E-state index is 4.72. The van der Waals surface area contributed by atoms with Gasteiger partial charge in [0.05, 0.1) is 0 Å². The summed E-state index contributed by atoms with van der Waals surface area (Å²) in [5.74, 6) is 0. The summed E-state index contributed by atoms with van der Waals surface area (Å²) in [7, 11) is 8.25. The lowest BCUT2D eigenvalue weighted by Crippen LogP contribution is -1.98. The van der Waals surface area contributed by atoms with E-state index in [-0.39, 0.29) is 0 Å². The summed E-state index contributed by atoms with van der Waals surface area (Å²) in [6.45, 7) is 0. The zero-order valence-corrected chi connectivity index (χ0v) is 3.47. The van der Waals surface area contributed by atoms with Crippen LogP contribution in [-0.2, 0) is 0 Å².